The molecule has 3 aromatic rings. The van der Waals surface area contributed by atoms with Crippen LogP contribution >= 0.6 is 0 Å². The van der Waals surface area contributed by atoms with Crippen molar-refractivity contribution in [2.45, 2.75) is 26.0 Å². The van der Waals surface area contributed by atoms with E-state index >= 15 is 0 Å². The van der Waals surface area contributed by atoms with Crippen molar-refractivity contribution in [3.05, 3.63) is 54.2 Å². The number of methoxy groups -OCH3 is 2. The summed E-state index contributed by atoms with van der Waals surface area (Å²) in [4.78, 5) is 25.6. The Balaban J connectivity index is 1.60. The first-order valence-corrected chi connectivity index (χ1v) is 10.6. The van der Waals surface area contributed by atoms with Crippen LogP contribution in [0, 0.1) is 0 Å². The number of rotatable bonds is 9. The summed E-state index contributed by atoms with van der Waals surface area (Å²) in [5, 5.41) is 10.3. The van der Waals surface area contributed by atoms with Crippen molar-refractivity contribution in [3.8, 4) is 22.6 Å². The Morgan fingerprint density at radius 3 is 2.61 bits per heavy atom. The van der Waals surface area contributed by atoms with Gasteiger partial charge in [0.15, 0.2) is 0 Å². The van der Waals surface area contributed by atoms with Gasteiger partial charge >= 0.3 is 0 Å². The van der Waals surface area contributed by atoms with Gasteiger partial charge in [-0.1, -0.05) is 24.3 Å². The van der Waals surface area contributed by atoms with Crippen LogP contribution in [0.25, 0.3) is 11.1 Å². The molecule has 2 amide bonds. The summed E-state index contributed by atoms with van der Waals surface area (Å²) in [6, 6.07) is 13.9. The molecule has 0 spiro atoms. The first-order chi connectivity index (χ1) is 16.0. The maximum absolute atomic E-state index is 12.8. The molecule has 1 aliphatic heterocycles. The summed E-state index contributed by atoms with van der Waals surface area (Å²) >= 11 is 0. The van der Waals surface area contributed by atoms with Crippen molar-refractivity contribution < 1.29 is 23.8 Å². The van der Waals surface area contributed by atoms with Crippen LogP contribution < -0.4 is 20.1 Å². The Kier molecular flexibility index (Phi) is 6.60. The number of para-hydroxylation sites is 2. The number of amides is 2. The average molecular weight is 450 g/mol. The van der Waals surface area contributed by atoms with Crippen LogP contribution in [0.4, 0.5) is 11.5 Å². The van der Waals surface area contributed by atoms with E-state index in [-0.39, 0.29) is 24.8 Å². The van der Waals surface area contributed by atoms with Crippen molar-refractivity contribution in [2.24, 2.45) is 0 Å². The van der Waals surface area contributed by atoms with Gasteiger partial charge in [0, 0.05) is 12.7 Å². The predicted molar refractivity (Wildman–Crippen MR) is 123 cm³/mol. The third-order valence-corrected chi connectivity index (χ3v) is 5.32. The number of anilines is 2. The first-order valence-electron chi connectivity index (χ1n) is 10.6. The maximum atomic E-state index is 12.8. The molecular weight excluding hydrogens is 424 g/mol. The number of nitrogens with zero attached hydrogens (tertiary/aromatic N) is 2. The van der Waals surface area contributed by atoms with Crippen LogP contribution in [0.1, 0.15) is 25.1 Å². The third-order valence-electron chi connectivity index (χ3n) is 5.32. The molecule has 1 unspecified atom stereocenters. The topological polar surface area (TPSA) is 104 Å². The van der Waals surface area contributed by atoms with E-state index in [2.05, 4.69) is 15.7 Å². The van der Waals surface area contributed by atoms with E-state index in [4.69, 9.17) is 14.2 Å². The molecule has 0 saturated heterocycles. The Labute approximate surface area is 191 Å². The second-order valence-corrected chi connectivity index (χ2v) is 7.46. The molecule has 0 aliphatic carbocycles. The average Bonchev–Trinajstić information content (AvgIpc) is 3.30. The number of hydrogen-bond acceptors (Lipinski definition) is 6. The van der Waals surface area contributed by atoms with Crippen LogP contribution in [0.3, 0.4) is 0 Å². The van der Waals surface area contributed by atoms with E-state index in [1.165, 1.54) is 0 Å². The molecule has 0 saturated carbocycles. The Morgan fingerprint density at radius 1 is 1.15 bits per heavy atom. The second kappa shape index (κ2) is 9.74. The molecule has 9 heteroatoms. The standard InChI is InChI=1S/C24H26N4O5/c1-4-33-20-8-6-5-7-17(20)25-21(29)13-19-24(30)26-23-22(18(14-31-2)27-28(19)23)15-9-11-16(32-3)12-10-15/h5-12,19H,4,13-14H2,1-3H3,(H,25,29)(H,26,30). The minimum atomic E-state index is -0.776. The summed E-state index contributed by atoms with van der Waals surface area (Å²) in [6.07, 6.45) is -0.0740. The fourth-order valence-electron chi connectivity index (χ4n) is 3.84. The lowest BCUT2D eigenvalue weighted by Crippen LogP contribution is -2.24. The number of nitrogens with one attached hydrogen (secondary N) is 2. The molecule has 172 valence electrons. The second-order valence-electron chi connectivity index (χ2n) is 7.46. The molecule has 0 bridgehead atoms. The van der Waals surface area contributed by atoms with Gasteiger partial charge in [-0.2, -0.15) is 5.10 Å². The molecule has 0 radical (unpaired) electrons. The van der Waals surface area contributed by atoms with E-state index in [0.29, 0.717) is 29.6 Å². The molecule has 2 N–H and O–H groups in total. The lowest BCUT2D eigenvalue weighted by atomic mass is 10.1. The van der Waals surface area contributed by atoms with Gasteiger partial charge in [0.05, 0.1) is 38.1 Å². The van der Waals surface area contributed by atoms with Gasteiger partial charge in [-0.05, 0) is 36.8 Å². The highest BCUT2D eigenvalue weighted by molar-refractivity contribution is 6.04. The van der Waals surface area contributed by atoms with Gasteiger partial charge in [-0.25, -0.2) is 4.68 Å². The van der Waals surface area contributed by atoms with Crippen LogP contribution in [0.2, 0.25) is 0 Å². The molecule has 1 aromatic heterocycles. The molecular formula is C24H26N4O5. The third kappa shape index (κ3) is 4.54. The Bertz CT molecular complexity index is 1160. The lowest BCUT2D eigenvalue weighted by Gasteiger charge is -2.13. The van der Waals surface area contributed by atoms with E-state index in [9.17, 15) is 9.59 Å². The van der Waals surface area contributed by atoms with Gasteiger partial charge in [-0.15, -0.1) is 0 Å². The molecule has 2 heterocycles. The van der Waals surface area contributed by atoms with Crippen LogP contribution in [0.5, 0.6) is 11.5 Å². The van der Waals surface area contributed by atoms with Crippen molar-refractivity contribution in [3.63, 3.8) is 0 Å². The van der Waals surface area contributed by atoms with E-state index < -0.39 is 6.04 Å². The predicted octanol–water partition coefficient (Wildman–Crippen LogP) is 3.63. The summed E-state index contributed by atoms with van der Waals surface area (Å²) in [6.45, 7) is 2.61. The number of fused-ring (bicyclic) bond motifs is 1. The maximum Gasteiger partial charge on any atom is 0.251 e. The number of carbonyl (C=O) groups is 2. The molecule has 9 nitrogen and oxygen atoms in total. The smallest absolute Gasteiger partial charge is 0.251 e. The molecule has 1 atom stereocenters. The fourth-order valence-corrected chi connectivity index (χ4v) is 3.84. The summed E-state index contributed by atoms with van der Waals surface area (Å²) < 4.78 is 17.7. The number of ether oxygens (including phenoxy) is 3. The molecule has 0 fully saturated rings. The number of benzene rings is 2. The summed E-state index contributed by atoms with van der Waals surface area (Å²) in [7, 11) is 3.19. The van der Waals surface area contributed by atoms with Crippen molar-refractivity contribution in [2.75, 3.05) is 31.5 Å². The number of hydrogen-bond donors (Lipinski definition) is 2. The minimum absolute atomic E-state index is 0.0740. The highest BCUT2D eigenvalue weighted by Crippen LogP contribution is 2.39. The Morgan fingerprint density at radius 2 is 1.91 bits per heavy atom. The molecule has 1 aliphatic rings. The summed E-state index contributed by atoms with van der Waals surface area (Å²) in [5.74, 6) is 1.24. The highest BCUT2D eigenvalue weighted by Gasteiger charge is 2.37. The van der Waals surface area contributed by atoms with Gasteiger partial charge in [0.1, 0.15) is 23.4 Å². The van der Waals surface area contributed by atoms with Gasteiger partial charge in [-0.3, -0.25) is 9.59 Å². The fraction of sp³-hybridized carbons (Fsp3) is 0.292. The molecule has 4 rings (SSSR count). The van der Waals surface area contributed by atoms with Gasteiger partial charge < -0.3 is 24.8 Å². The van der Waals surface area contributed by atoms with Crippen molar-refractivity contribution in [1.29, 1.82) is 0 Å². The van der Waals surface area contributed by atoms with Crippen molar-refractivity contribution in [1.82, 2.24) is 9.78 Å². The summed E-state index contributed by atoms with van der Waals surface area (Å²) in [5.41, 5.74) is 2.85. The van der Waals surface area contributed by atoms with Gasteiger partial charge in [0.2, 0.25) is 5.91 Å². The van der Waals surface area contributed by atoms with E-state index in [0.717, 1.165) is 16.9 Å². The van der Waals surface area contributed by atoms with Crippen LogP contribution in [-0.2, 0) is 20.9 Å². The van der Waals surface area contributed by atoms with Crippen molar-refractivity contribution >= 4 is 23.3 Å². The van der Waals surface area contributed by atoms with Gasteiger partial charge in [0.25, 0.3) is 5.91 Å². The lowest BCUT2D eigenvalue weighted by molar-refractivity contribution is -0.123. The van der Waals surface area contributed by atoms with E-state index in [1.807, 2.05) is 43.3 Å². The Hall–Kier alpha value is -3.85. The zero-order valence-corrected chi connectivity index (χ0v) is 18.8. The first kappa shape index (κ1) is 22.3. The monoisotopic (exact) mass is 450 g/mol. The number of aromatic nitrogens is 2. The quantitative estimate of drug-likeness (QED) is 0.516. The minimum Gasteiger partial charge on any atom is -0.497 e. The SMILES string of the molecule is CCOc1ccccc1NC(=O)CC1C(=O)Nc2c(-c3ccc(OC)cc3)c(COC)nn21. The normalized spacial score (nSPS) is 14.5. The zero-order valence-electron chi connectivity index (χ0n) is 18.8. The highest BCUT2D eigenvalue weighted by atomic mass is 16.5. The number of carbonyl (C=O) groups excluding carboxylic acids is 2. The van der Waals surface area contributed by atoms with E-state index in [1.54, 1.807) is 31.0 Å². The molecule has 2 aromatic carbocycles. The van der Waals surface area contributed by atoms with Crippen LogP contribution in [-0.4, -0.2) is 42.4 Å². The van der Waals surface area contributed by atoms with Crippen LogP contribution in [0.15, 0.2) is 48.5 Å². The largest absolute Gasteiger partial charge is 0.497 e. The zero-order chi connectivity index (χ0) is 23.4. The molecule has 33 heavy (non-hydrogen) atoms.